The first kappa shape index (κ1) is 16.4. The van der Waals surface area contributed by atoms with E-state index < -0.39 is 10.0 Å². The van der Waals surface area contributed by atoms with Gasteiger partial charge >= 0.3 is 0 Å². The molecule has 0 aliphatic carbocycles. The van der Waals surface area contributed by atoms with Crippen LogP contribution in [0, 0.1) is 13.8 Å². The highest BCUT2D eigenvalue weighted by Crippen LogP contribution is 2.22. The first-order valence-electron chi connectivity index (χ1n) is 7.71. The number of hydrogen-bond acceptors (Lipinski definition) is 4. The summed E-state index contributed by atoms with van der Waals surface area (Å²) in [5.74, 6) is 0. The Morgan fingerprint density at radius 1 is 1.08 bits per heavy atom. The lowest BCUT2D eigenvalue weighted by Gasteiger charge is -2.10. The molecule has 0 amide bonds. The number of nitrogens with zero attached hydrogens (tertiary/aromatic N) is 3. The zero-order valence-electron chi connectivity index (χ0n) is 14.1. The first-order chi connectivity index (χ1) is 11.3. The number of benzene rings is 1. The van der Waals surface area contributed by atoms with E-state index in [1.165, 1.54) is 6.20 Å². The molecule has 0 spiro atoms. The van der Waals surface area contributed by atoms with Crippen LogP contribution >= 0.6 is 0 Å². The summed E-state index contributed by atoms with van der Waals surface area (Å²) in [6.45, 7) is 7.88. The molecule has 3 rings (SSSR count). The van der Waals surface area contributed by atoms with E-state index in [2.05, 4.69) is 14.8 Å². The van der Waals surface area contributed by atoms with Crippen LogP contribution in [0.25, 0.3) is 11.0 Å². The summed E-state index contributed by atoms with van der Waals surface area (Å²) in [6.07, 6.45) is 3.21. The average molecular weight is 344 g/mol. The highest BCUT2D eigenvalue weighted by Gasteiger charge is 2.16. The standard InChI is InChI=1S/C17H20N4O2S/c1-11(2)21-17-14(9-19-21)8-15(10-18-17)20-24(22,23)16-6-5-12(3)13(4)7-16/h5-11,20H,1-4H3. The second kappa shape index (κ2) is 5.90. The Labute approximate surface area is 141 Å². The lowest BCUT2D eigenvalue weighted by atomic mass is 10.1. The van der Waals surface area contributed by atoms with E-state index in [1.54, 1.807) is 35.1 Å². The SMILES string of the molecule is Cc1ccc(S(=O)(=O)Nc2cnc3c(cnn3C(C)C)c2)cc1C. The zero-order valence-corrected chi connectivity index (χ0v) is 14.9. The highest BCUT2D eigenvalue weighted by molar-refractivity contribution is 7.92. The molecule has 0 radical (unpaired) electrons. The fraction of sp³-hybridized carbons (Fsp3) is 0.294. The third kappa shape index (κ3) is 2.99. The predicted molar refractivity (Wildman–Crippen MR) is 94.6 cm³/mol. The summed E-state index contributed by atoms with van der Waals surface area (Å²) in [5, 5.41) is 5.08. The van der Waals surface area contributed by atoms with E-state index in [4.69, 9.17) is 0 Å². The lowest BCUT2D eigenvalue weighted by Crippen LogP contribution is -2.13. The third-order valence-electron chi connectivity index (χ3n) is 3.96. The Kier molecular flexibility index (Phi) is 4.04. The second-order valence-electron chi connectivity index (χ2n) is 6.17. The quantitative estimate of drug-likeness (QED) is 0.786. The molecule has 2 heterocycles. The molecule has 0 saturated carbocycles. The van der Waals surface area contributed by atoms with E-state index in [0.29, 0.717) is 5.69 Å². The summed E-state index contributed by atoms with van der Waals surface area (Å²) in [4.78, 5) is 4.58. The van der Waals surface area contributed by atoms with E-state index >= 15 is 0 Å². The molecule has 0 saturated heterocycles. The number of anilines is 1. The fourth-order valence-corrected chi connectivity index (χ4v) is 3.59. The molecule has 0 aliphatic rings. The predicted octanol–water partition coefficient (Wildman–Crippen LogP) is 3.43. The molecule has 0 atom stereocenters. The largest absolute Gasteiger partial charge is 0.278 e. The maximum absolute atomic E-state index is 12.6. The number of pyridine rings is 1. The van der Waals surface area contributed by atoms with Crippen molar-refractivity contribution < 1.29 is 8.42 Å². The van der Waals surface area contributed by atoms with Crippen molar-refractivity contribution in [2.45, 2.75) is 38.6 Å². The van der Waals surface area contributed by atoms with Crippen LogP contribution in [0.2, 0.25) is 0 Å². The van der Waals surface area contributed by atoms with Crippen LogP contribution < -0.4 is 4.72 Å². The van der Waals surface area contributed by atoms with Crippen LogP contribution in [0.3, 0.4) is 0 Å². The van der Waals surface area contributed by atoms with Gasteiger partial charge in [0.2, 0.25) is 0 Å². The summed E-state index contributed by atoms with van der Waals surface area (Å²) < 4.78 is 29.5. The van der Waals surface area contributed by atoms with Gasteiger partial charge in [-0.2, -0.15) is 5.10 Å². The molecule has 0 aliphatic heterocycles. The van der Waals surface area contributed by atoms with E-state index in [-0.39, 0.29) is 10.9 Å². The molecule has 1 N–H and O–H groups in total. The van der Waals surface area contributed by atoms with Gasteiger partial charge in [-0.3, -0.25) is 4.72 Å². The molecule has 3 aromatic rings. The van der Waals surface area contributed by atoms with Crippen molar-refractivity contribution >= 4 is 26.7 Å². The summed E-state index contributed by atoms with van der Waals surface area (Å²) in [7, 11) is -3.65. The number of rotatable bonds is 4. The van der Waals surface area contributed by atoms with Crippen molar-refractivity contribution in [1.82, 2.24) is 14.8 Å². The van der Waals surface area contributed by atoms with Gasteiger partial charge in [-0.05, 0) is 57.0 Å². The maximum atomic E-state index is 12.6. The van der Waals surface area contributed by atoms with Crippen LogP contribution in [0.1, 0.15) is 31.0 Å². The smallest absolute Gasteiger partial charge is 0.261 e. The van der Waals surface area contributed by atoms with Gasteiger partial charge in [0, 0.05) is 11.4 Å². The van der Waals surface area contributed by atoms with Crippen LogP contribution in [-0.4, -0.2) is 23.2 Å². The van der Waals surface area contributed by atoms with Crippen molar-refractivity contribution in [3.8, 4) is 0 Å². The normalized spacial score (nSPS) is 12.0. The Hall–Kier alpha value is -2.41. The highest BCUT2D eigenvalue weighted by atomic mass is 32.2. The molecule has 0 bridgehead atoms. The number of aryl methyl sites for hydroxylation is 2. The molecule has 1 aromatic carbocycles. The Balaban J connectivity index is 1.95. The number of hydrogen-bond donors (Lipinski definition) is 1. The maximum Gasteiger partial charge on any atom is 0.261 e. The summed E-state index contributed by atoms with van der Waals surface area (Å²) in [5.41, 5.74) is 3.14. The van der Waals surface area contributed by atoms with Gasteiger partial charge in [-0.1, -0.05) is 6.07 Å². The van der Waals surface area contributed by atoms with Crippen LogP contribution in [-0.2, 0) is 10.0 Å². The van der Waals surface area contributed by atoms with Crippen LogP contribution in [0.15, 0.2) is 41.6 Å². The number of fused-ring (bicyclic) bond motifs is 1. The summed E-state index contributed by atoms with van der Waals surface area (Å²) in [6, 6.07) is 7.01. The van der Waals surface area contributed by atoms with Crippen LogP contribution in [0.4, 0.5) is 5.69 Å². The second-order valence-corrected chi connectivity index (χ2v) is 7.85. The van der Waals surface area contributed by atoms with Gasteiger partial charge in [0.1, 0.15) is 0 Å². The molecule has 7 heteroatoms. The molecule has 6 nitrogen and oxygen atoms in total. The Bertz CT molecular complexity index is 1010. The number of nitrogens with one attached hydrogen (secondary N) is 1. The van der Waals surface area contributed by atoms with Crippen molar-refractivity contribution in [3.63, 3.8) is 0 Å². The molecule has 126 valence electrons. The van der Waals surface area contributed by atoms with Crippen LogP contribution in [0.5, 0.6) is 0 Å². The molecular weight excluding hydrogens is 324 g/mol. The van der Waals surface area contributed by atoms with Crippen molar-refractivity contribution in [2.24, 2.45) is 0 Å². The van der Waals surface area contributed by atoms with Crippen molar-refractivity contribution in [1.29, 1.82) is 0 Å². The number of sulfonamides is 1. The van der Waals surface area contributed by atoms with Gasteiger partial charge in [0.25, 0.3) is 10.0 Å². The monoisotopic (exact) mass is 344 g/mol. The van der Waals surface area contributed by atoms with E-state index in [1.807, 2.05) is 27.7 Å². The minimum atomic E-state index is -3.65. The Morgan fingerprint density at radius 3 is 2.50 bits per heavy atom. The minimum Gasteiger partial charge on any atom is -0.278 e. The lowest BCUT2D eigenvalue weighted by molar-refractivity contribution is 0.546. The van der Waals surface area contributed by atoms with Gasteiger partial charge in [0.15, 0.2) is 5.65 Å². The minimum absolute atomic E-state index is 0.188. The number of aromatic nitrogens is 3. The van der Waals surface area contributed by atoms with Gasteiger partial charge in [-0.25, -0.2) is 18.1 Å². The molecule has 0 unspecified atom stereocenters. The molecule has 0 fully saturated rings. The fourth-order valence-electron chi connectivity index (χ4n) is 2.47. The van der Waals surface area contributed by atoms with Gasteiger partial charge in [-0.15, -0.1) is 0 Å². The average Bonchev–Trinajstić information content (AvgIpc) is 2.92. The third-order valence-corrected chi connectivity index (χ3v) is 5.34. The topological polar surface area (TPSA) is 76.9 Å². The first-order valence-corrected chi connectivity index (χ1v) is 9.19. The zero-order chi connectivity index (χ0) is 17.5. The van der Waals surface area contributed by atoms with E-state index in [0.717, 1.165) is 22.2 Å². The van der Waals surface area contributed by atoms with E-state index in [9.17, 15) is 8.42 Å². The van der Waals surface area contributed by atoms with Crippen molar-refractivity contribution in [3.05, 3.63) is 47.8 Å². The van der Waals surface area contributed by atoms with Gasteiger partial charge < -0.3 is 0 Å². The molecular formula is C17H20N4O2S. The van der Waals surface area contributed by atoms with Crippen molar-refractivity contribution in [2.75, 3.05) is 4.72 Å². The van der Waals surface area contributed by atoms with Gasteiger partial charge in [0.05, 0.1) is 23.0 Å². The summed E-state index contributed by atoms with van der Waals surface area (Å²) >= 11 is 0. The molecule has 24 heavy (non-hydrogen) atoms. The molecule has 2 aromatic heterocycles. The Morgan fingerprint density at radius 2 is 1.83 bits per heavy atom.